The van der Waals surface area contributed by atoms with Gasteiger partial charge in [-0.2, -0.15) is 18.2 Å². The largest absolute Gasteiger partial charge is 0.486 e. The monoisotopic (exact) mass is 317 g/mol. The topological polar surface area (TPSA) is 60.2 Å². The summed E-state index contributed by atoms with van der Waals surface area (Å²) in [5, 5.41) is 6.28. The van der Waals surface area contributed by atoms with Crippen molar-refractivity contribution in [2.75, 3.05) is 13.1 Å². The van der Waals surface area contributed by atoms with Crippen molar-refractivity contribution < 1.29 is 26.8 Å². The Morgan fingerprint density at radius 3 is 2.73 bits per heavy atom. The Bertz CT molecular complexity index is 666. The molecule has 1 fully saturated rings. The van der Waals surface area contributed by atoms with Gasteiger partial charge in [0.2, 0.25) is 5.82 Å². The van der Waals surface area contributed by atoms with E-state index in [2.05, 4.69) is 20.0 Å². The van der Waals surface area contributed by atoms with Crippen LogP contribution in [-0.2, 0) is 6.18 Å². The third-order valence-electron chi connectivity index (χ3n) is 3.17. The number of nitrogens with one attached hydrogen (secondary N) is 1. The summed E-state index contributed by atoms with van der Waals surface area (Å²) in [6.07, 6.45) is -4.09. The summed E-state index contributed by atoms with van der Waals surface area (Å²) in [6.45, 7) is 1.43. The van der Waals surface area contributed by atoms with Gasteiger partial charge in [0.1, 0.15) is 6.10 Å². The van der Waals surface area contributed by atoms with E-state index < -0.39 is 17.9 Å². The lowest BCUT2D eigenvalue weighted by Crippen LogP contribution is -2.20. The molecular formula is C13H11F4N3O2. The van der Waals surface area contributed by atoms with E-state index in [4.69, 9.17) is 4.74 Å². The fraction of sp³-hybridized carbons (Fsp3) is 0.385. The predicted molar refractivity (Wildman–Crippen MR) is 66.6 cm³/mol. The van der Waals surface area contributed by atoms with Crippen molar-refractivity contribution in [3.05, 3.63) is 29.9 Å². The zero-order chi connectivity index (χ0) is 15.7. The summed E-state index contributed by atoms with van der Waals surface area (Å²) in [6, 6.07) is 3.74. The maximum absolute atomic E-state index is 14.0. The van der Waals surface area contributed by atoms with Crippen LogP contribution in [0.2, 0.25) is 0 Å². The van der Waals surface area contributed by atoms with Crippen molar-refractivity contribution in [3.8, 4) is 17.1 Å². The molecule has 2 aromatic rings. The lowest BCUT2D eigenvalue weighted by molar-refractivity contribution is -0.159. The second-order valence-corrected chi connectivity index (χ2v) is 4.80. The fourth-order valence-corrected chi connectivity index (χ4v) is 2.10. The number of alkyl halides is 3. The maximum Gasteiger partial charge on any atom is 0.471 e. The molecule has 1 N–H and O–H groups in total. The van der Waals surface area contributed by atoms with E-state index in [1.54, 1.807) is 0 Å². The molecule has 1 aromatic heterocycles. The van der Waals surface area contributed by atoms with Crippen LogP contribution in [0, 0.1) is 5.82 Å². The number of hydrogen-bond donors (Lipinski definition) is 1. The van der Waals surface area contributed by atoms with Gasteiger partial charge < -0.3 is 14.6 Å². The molecule has 2 heterocycles. The average molecular weight is 317 g/mol. The lowest BCUT2D eigenvalue weighted by atomic mass is 10.2. The zero-order valence-corrected chi connectivity index (χ0v) is 11.2. The molecule has 1 saturated heterocycles. The molecule has 0 amide bonds. The third kappa shape index (κ3) is 3.03. The number of benzene rings is 1. The fourth-order valence-electron chi connectivity index (χ4n) is 2.10. The third-order valence-corrected chi connectivity index (χ3v) is 3.17. The molecule has 1 aliphatic heterocycles. The first-order chi connectivity index (χ1) is 10.4. The summed E-state index contributed by atoms with van der Waals surface area (Å²) < 4.78 is 60.7. The van der Waals surface area contributed by atoms with Crippen LogP contribution in [0.15, 0.2) is 22.7 Å². The van der Waals surface area contributed by atoms with Gasteiger partial charge in [0.15, 0.2) is 11.6 Å². The first-order valence-electron chi connectivity index (χ1n) is 6.51. The van der Waals surface area contributed by atoms with Gasteiger partial charge in [0, 0.05) is 12.1 Å². The Labute approximate surface area is 122 Å². The number of hydrogen-bond acceptors (Lipinski definition) is 5. The molecule has 0 spiro atoms. The van der Waals surface area contributed by atoms with Gasteiger partial charge in [-0.3, -0.25) is 0 Å². The molecule has 1 aliphatic rings. The number of halogens is 4. The van der Waals surface area contributed by atoms with Crippen LogP contribution in [0.4, 0.5) is 17.6 Å². The number of ether oxygens (including phenoxy) is 1. The molecule has 22 heavy (non-hydrogen) atoms. The Kier molecular flexibility index (Phi) is 3.73. The Morgan fingerprint density at radius 1 is 1.32 bits per heavy atom. The molecule has 0 saturated carbocycles. The summed E-state index contributed by atoms with van der Waals surface area (Å²) >= 11 is 0. The molecule has 9 heteroatoms. The van der Waals surface area contributed by atoms with E-state index in [1.165, 1.54) is 12.1 Å². The Hall–Kier alpha value is -2.16. The standard InChI is InChI=1S/C13H11F4N3O2/c14-9-5-7(11-19-12(22-20-11)13(15,16)17)1-2-10(9)21-8-3-4-18-6-8/h1-2,5,8,18H,3-4,6H2/t8-/m0/s1. The highest BCUT2D eigenvalue weighted by Gasteiger charge is 2.38. The van der Waals surface area contributed by atoms with E-state index in [-0.39, 0.29) is 23.2 Å². The van der Waals surface area contributed by atoms with Crippen LogP contribution in [0.25, 0.3) is 11.4 Å². The summed E-state index contributed by atoms with van der Waals surface area (Å²) in [4.78, 5) is 3.21. The van der Waals surface area contributed by atoms with E-state index in [0.717, 1.165) is 19.0 Å². The molecule has 5 nitrogen and oxygen atoms in total. The van der Waals surface area contributed by atoms with Crippen molar-refractivity contribution in [1.29, 1.82) is 0 Å². The smallest absolute Gasteiger partial charge is 0.471 e. The van der Waals surface area contributed by atoms with Gasteiger partial charge >= 0.3 is 12.1 Å². The van der Waals surface area contributed by atoms with Gasteiger partial charge in [-0.1, -0.05) is 5.16 Å². The summed E-state index contributed by atoms with van der Waals surface area (Å²) in [5.41, 5.74) is 0.0775. The number of nitrogens with zero attached hydrogens (tertiary/aromatic N) is 2. The van der Waals surface area contributed by atoms with Crippen molar-refractivity contribution in [3.63, 3.8) is 0 Å². The van der Waals surface area contributed by atoms with E-state index in [9.17, 15) is 17.6 Å². The highest BCUT2D eigenvalue weighted by atomic mass is 19.4. The van der Waals surface area contributed by atoms with Gasteiger partial charge in [-0.25, -0.2) is 4.39 Å². The van der Waals surface area contributed by atoms with Crippen LogP contribution < -0.4 is 10.1 Å². The van der Waals surface area contributed by atoms with E-state index >= 15 is 0 Å². The molecule has 0 aliphatic carbocycles. The van der Waals surface area contributed by atoms with Crippen molar-refractivity contribution in [2.24, 2.45) is 0 Å². The highest BCUT2D eigenvalue weighted by molar-refractivity contribution is 5.56. The zero-order valence-electron chi connectivity index (χ0n) is 11.2. The molecule has 1 aromatic carbocycles. The van der Waals surface area contributed by atoms with Gasteiger partial charge in [0.25, 0.3) is 0 Å². The molecule has 1 atom stereocenters. The molecule has 118 valence electrons. The molecule has 3 rings (SSSR count). The van der Waals surface area contributed by atoms with Crippen LogP contribution in [-0.4, -0.2) is 29.3 Å². The maximum atomic E-state index is 14.0. The lowest BCUT2D eigenvalue weighted by Gasteiger charge is -2.13. The Balaban J connectivity index is 1.80. The number of rotatable bonds is 3. The van der Waals surface area contributed by atoms with E-state index in [1.807, 2.05) is 0 Å². The molecule has 0 radical (unpaired) electrons. The predicted octanol–water partition coefficient (Wildman–Crippen LogP) is 2.64. The minimum atomic E-state index is -4.73. The quantitative estimate of drug-likeness (QED) is 0.882. The van der Waals surface area contributed by atoms with Crippen LogP contribution >= 0.6 is 0 Å². The second-order valence-electron chi connectivity index (χ2n) is 4.80. The first-order valence-corrected chi connectivity index (χ1v) is 6.51. The minimum Gasteiger partial charge on any atom is -0.486 e. The van der Waals surface area contributed by atoms with Crippen molar-refractivity contribution in [2.45, 2.75) is 18.7 Å². The minimum absolute atomic E-state index is 0.0389. The summed E-state index contributed by atoms with van der Waals surface area (Å²) in [5.74, 6) is -2.46. The SMILES string of the molecule is Fc1cc(-c2noc(C(F)(F)F)n2)ccc1O[C@H]1CCNC1. The normalized spacial score (nSPS) is 18.6. The van der Waals surface area contributed by atoms with E-state index in [0.29, 0.717) is 6.54 Å². The average Bonchev–Trinajstić information content (AvgIpc) is 3.11. The molecule has 0 unspecified atom stereocenters. The van der Waals surface area contributed by atoms with Crippen molar-refractivity contribution >= 4 is 0 Å². The van der Waals surface area contributed by atoms with Gasteiger partial charge in [-0.15, -0.1) is 0 Å². The second kappa shape index (κ2) is 5.56. The molecule has 0 bridgehead atoms. The van der Waals surface area contributed by atoms with Crippen LogP contribution in [0.3, 0.4) is 0 Å². The highest BCUT2D eigenvalue weighted by Crippen LogP contribution is 2.30. The van der Waals surface area contributed by atoms with Gasteiger partial charge in [0.05, 0.1) is 0 Å². The van der Waals surface area contributed by atoms with Crippen LogP contribution in [0.5, 0.6) is 5.75 Å². The van der Waals surface area contributed by atoms with Gasteiger partial charge in [-0.05, 0) is 31.2 Å². The van der Waals surface area contributed by atoms with Crippen LogP contribution in [0.1, 0.15) is 12.3 Å². The first kappa shape index (κ1) is 14.8. The van der Waals surface area contributed by atoms with Crippen molar-refractivity contribution in [1.82, 2.24) is 15.5 Å². The molecular weight excluding hydrogens is 306 g/mol. The summed E-state index contributed by atoms with van der Waals surface area (Å²) in [7, 11) is 0. The number of aromatic nitrogens is 2. The Morgan fingerprint density at radius 2 is 2.14 bits per heavy atom.